The number of rotatable bonds is 7. The Kier molecular flexibility index (Phi) is 7.06. The number of pyridine rings is 1. The fourth-order valence-electron chi connectivity index (χ4n) is 4.23. The van der Waals surface area contributed by atoms with Gasteiger partial charge in [0.1, 0.15) is 5.56 Å². The summed E-state index contributed by atoms with van der Waals surface area (Å²) in [5, 5.41) is 7.84. The molecule has 4 aromatic rings. The van der Waals surface area contributed by atoms with Crippen molar-refractivity contribution >= 4 is 40.7 Å². The molecule has 2 aromatic heterocycles. The lowest BCUT2D eigenvalue weighted by Gasteiger charge is -2.13. The zero-order valence-corrected chi connectivity index (χ0v) is 21.0. The van der Waals surface area contributed by atoms with Crippen molar-refractivity contribution in [1.82, 2.24) is 19.9 Å². The molecule has 0 fully saturated rings. The number of hydrogen-bond acceptors (Lipinski definition) is 5. The van der Waals surface area contributed by atoms with Crippen LogP contribution in [-0.2, 0) is 16.1 Å². The van der Waals surface area contributed by atoms with Crippen LogP contribution in [0.5, 0.6) is 0 Å². The molecule has 0 saturated heterocycles. The van der Waals surface area contributed by atoms with Crippen LogP contribution in [-0.4, -0.2) is 38.8 Å². The largest absolute Gasteiger partial charge is 0.345 e. The van der Waals surface area contributed by atoms with Gasteiger partial charge in [0.2, 0.25) is 5.91 Å². The van der Waals surface area contributed by atoms with Crippen molar-refractivity contribution in [3.05, 3.63) is 111 Å². The molecular formula is C28H22F2N6O4. The van der Waals surface area contributed by atoms with Crippen LogP contribution in [0.3, 0.4) is 0 Å². The molecule has 0 spiro atoms. The molecule has 3 amide bonds. The van der Waals surface area contributed by atoms with Gasteiger partial charge in [0.05, 0.1) is 36.9 Å². The van der Waals surface area contributed by atoms with Crippen molar-refractivity contribution in [2.45, 2.75) is 13.5 Å². The maximum Gasteiger partial charge on any atom is 0.263 e. The highest BCUT2D eigenvalue weighted by atomic mass is 19.2. The van der Waals surface area contributed by atoms with E-state index in [9.17, 15) is 28.0 Å². The Morgan fingerprint density at radius 2 is 1.88 bits per heavy atom. The molecule has 0 radical (unpaired) electrons. The molecule has 40 heavy (non-hydrogen) atoms. The molecule has 5 rings (SSSR count). The molecule has 4 N–H and O–H groups in total. The molecule has 3 heterocycles. The first-order valence-electron chi connectivity index (χ1n) is 12.1. The van der Waals surface area contributed by atoms with Crippen LogP contribution in [0.15, 0.2) is 65.8 Å². The molecule has 0 saturated carbocycles. The van der Waals surface area contributed by atoms with Crippen LogP contribution in [0.25, 0.3) is 11.6 Å². The van der Waals surface area contributed by atoms with E-state index in [1.165, 1.54) is 23.0 Å². The molecule has 0 bridgehead atoms. The van der Waals surface area contributed by atoms with Crippen LogP contribution >= 0.6 is 0 Å². The highest BCUT2D eigenvalue weighted by Crippen LogP contribution is 2.34. The van der Waals surface area contributed by atoms with Crippen LogP contribution in [0.1, 0.15) is 32.9 Å². The second kappa shape index (κ2) is 10.8. The Hall–Kier alpha value is -5.39. The smallest absolute Gasteiger partial charge is 0.263 e. The minimum Gasteiger partial charge on any atom is -0.345 e. The molecule has 12 heteroatoms. The minimum absolute atomic E-state index is 0.0734. The minimum atomic E-state index is -1.04. The summed E-state index contributed by atoms with van der Waals surface area (Å²) in [7, 11) is 0. The number of halogens is 2. The molecule has 2 aromatic carbocycles. The number of fused-ring (bicyclic) bond motifs is 1. The Bertz CT molecular complexity index is 1740. The van der Waals surface area contributed by atoms with Crippen molar-refractivity contribution in [3.8, 4) is 0 Å². The normalized spacial score (nSPS) is 13.2. The summed E-state index contributed by atoms with van der Waals surface area (Å²) in [4.78, 5) is 57.5. The van der Waals surface area contributed by atoms with E-state index in [1.807, 2.05) is 0 Å². The number of aromatic amines is 1. The van der Waals surface area contributed by atoms with Gasteiger partial charge in [0.25, 0.3) is 17.4 Å². The van der Waals surface area contributed by atoms with Crippen LogP contribution < -0.4 is 21.5 Å². The van der Waals surface area contributed by atoms with Crippen molar-refractivity contribution < 1.29 is 23.2 Å². The number of aryl methyl sites for hydroxylation is 1. The summed E-state index contributed by atoms with van der Waals surface area (Å²) in [5.41, 5.74) is 2.59. The van der Waals surface area contributed by atoms with E-state index in [2.05, 4.69) is 25.9 Å². The predicted octanol–water partition coefficient (Wildman–Crippen LogP) is 3.07. The number of nitrogens with zero attached hydrogens (tertiary/aromatic N) is 2. The third-order valence-electron chi connectivity index (χ3n) is 6.28. The average molecular weight is 545 g/mol. The monoisotopic (exact) mass is 544 g/mol. The number of H-pyrrole nitrogens is 1. The Morgan fingerprint density at radius 1 is 1.05 bits per heavy atom. The van der Waals surface area contributed by atoms with E-state index in [0.717, 1.165) is 12.1 Å². The van der Waals surface area contributed by atoms with E-state index in [4.69, 9.17) is 0 Å². The van der Waals surface area contributed by atoms with Crippen molar-refractivity contribution in [1.29, 1.82) is 0 Å². The topological polar surface area (TPSA) is 138 Å². The van der Waals surface area contributed by atoms with Gasteiger partial charge in [0.15, 0.2) is 11.6 Å². The molecule has 0 unspecified atom stereocenters. The number of carbonyl (C=O) groups excluding carboxylic acids is 3. The summed E-state index contributed by atoms with van der Waals surface area (Å²) in [6.45, 7) is 1.14. The van der Waals surface area contributed by atoms with Gasteiger partial charge < -0.3 is 25.5 Å². The highest BCUT2D eigenvalue weighted by molar-refractivity contribution is 6.35. The van der Waals surface area contributed by atoms with Gasteiger partial charge in [-0.15, -0.1) is 0 Å². The number of amides is 3. The lowest BCUT2D eigenvalue weighted by atomic mass is 10.1. The van der Waals surface area contributed by atoms with Crippen molar-refractivity contribution in [2.75, 3.05) is 17.2 Å². The standard InChI is InChI=1S/C28H22F2N6O4/c1-15-2-5-19(28(40)36(15)13-16-3-6-22(29)23(30)8-16)26(38)32-12-25(37)34-17-4-7-24-20(9-17)21(27(39)35-24)10-18-11-31-14-33-18/h2-11,14H,12-13H2,1H3,(H,31,33)(H,32,38)(H,34,37)(H,35,39). The lowest BCUT2D eigenvalue weighted by molar-refractivity contribution is -0.115. The SMILES string of the molecule is Cc1ccc(C(=O)NCC(=O)Nc2ccc3c(c2)C(=Cc2cnc[nH]2)C(=O)N3)c(=O)n1Cc1ccc(F)c(F)c1. The number of aromatic nitrogens is 3. The van der Waals surface area contributed by atoms with Gasteiger partial charge in [-0.2, -0.15) is 0 Å². The Labute approximate surface area is 225 Å². The number of anilines is 2. The number of carbonyl (C=O) groups is 3. The molecule has 1 aliphatic heterocycles. The number of nitrogens with one attached hydrogen (secondary N) is 4. The second-order valence-corrected chi connectivity index (χ2v) is 9.04. The third-order valence-corrected chi connectivity index (χ3v) is 6.28. The van der Waals surface area contributed by atoms with E-state index in [1.54, 1.807) is 43.5 Å². The van der Waals surface area contributed by atoms with Crippen LogP contribution in [0.2, 0.25) is 0 Å². The maximum absolute atomic E-state index is 13.6. The van der Waals surface area contributed by atoms with E-state index < -0.39 is 35.6 Å². The van der Waals surface area contributed by atoms with Gasteiger partial charge >= 0.3 is 0 Å². The van der Waals surface area contributed by atoms with Crippen molar-refractivity contribution in [3.63, 3.8) is 0 Å². The summed E-state index contributed by atoms with van der Waals surface area (Å²) in [5.74, 6) is -3.67. The number of benzene rings is 2. The Morgan fingerprint density at radius 3 is 2.62 bits per heavy atom. The first-order valence-corrected chi connectivity index (χ1v) is 12.1. The fourth-order valence-corrected chi connectivity index (χ4v) is 4.23. The molecule has 10 nitrogen and oxygen atoms in total. The first-order chi connectivity index (χ1) is 19.2. The first kappa shape index (κ1) is 26.2. The summed E-state index contributed by atoms with van der Waals surface area (Å²) in [6, 6.07) is 11.1. The zero-order valence-electron chi connectivity index (χ0n) is 21.0. The van der Waals surface area contributed by atoms with Gasteiger partial charge in [-0.1, -0.05) is 6.07 Å². The summed E-state index contributed by atoms with van der Waals surface area (Å²) in [6.07, 6.45) is 4.70. The van der Waals surface area contributed by atoms with Crippen LogP contribution in [0.4, 0.5) is 20.2 Å². The molecule has 0 aliphatic carbocycles. The highest BCUT2D eigenvalue weighted by Gasteiger charge is 2.25. The van der Waals surface area contributed by atoms with E-state index in [0.29, 0.717) is 39.5 Å². The maximum atomic E-state index is 13.6. The van der Waals surface area contributed by atoms with Gasteiger partial charge in [-0.25, -0.2) is 13.8 Å². The summed E-state index contributed by atoms with van der Waals surface area (Å²) < 4.78 is 28.1. The van der Waals surface area contributed by atoms with Gasteiger partial charge in [0, 0.05) is 22.6 Å². The lowest BCUT2D eigenvalue weighted by Crippen LogP contribution is -2.37. The number of imidazole rings is 1. The van der Waals surface area contributed by atoms with E-state index in [-0.39, 0.29) is 18.0 Å². The third kappa shape index (κ3) is 5.41. The van der Waals surface area contributed by atoms with Gasteiger partial charge in [-0.05, 0) is 61.0 Å². The quantitative estimate of drug-likeness (QED) is 0.265. The van der Waals surface area contributed by atoms with Gasteiger partial charge in [-0.3, -0.25) is 19.2 Å². The second-order valence-electron chi connectivity index (χ2n) is 9.04. The fraction of sp³-hybridized carbons (Fsp3) is 0.107. The van der Waals surface area contributed by atoms with E-state index >= 15 is 0 Å². The van der Waals surface area contributed by atoms with Crippen molar-refractivity contribution in [2.24, 2.45) is 0 Å². The molecule has 1 aliphatic rings. The Balaban J connectivity index is 1.26. The summed E-state index contributed by atoms with van der Waals surface area (Å²) >= 11 is 0. The molecule has 202 valence electrons. The average Bonchev–Trinajstić information content (AvgIpc) is 3.55. The zero-order chi connectivity index (χ0) is 28.4. The number of hydrogen-bond donors (Lipinski definition) is 4. The predicted molar refractivity (Wildman–Crippen MR) is 143 cm³/mol. The van der Waals surface area contributed by atoms with Crippen LogP contribution in [0, 0.1) is 18.6 Å². The molecular weight excluding hydrogens is 522 g/mol. The molecule has 0 atom stereocenters.